The molecular formula is C21H23F2NO2. The zero-order valence-corrected chi connectivity index (χ0v) is 14.6. The van der Waals surface area contributed by atoms with Crippen molar-refractivity contribution in [2.75, 3.05) is 13.1 Å². The van der Waals surface area contributed by atoms with Gasteiger partial charge in [0.25, 0.3) is 0 Å². The molecule has 5 heteroatoms. The van der Waals surface area contributed by atoms with Gasteiger partial charge in [-0.05, 0) is 48.6 Å². The first kappa shape index (κ1) is 18.5. The monoisotopic (exact) mass is 359 g/mol. The maximum Gasteiger partial charge on any atom is 0.222 e. The Labute approximate surface area is 152 Å². The molecular weight excluding hydrogens is 336 g/mol. The minimum Gasteiger partial charge on any atom is -0.389 e. The van der Waals surface area contributed by atoms with Gasteiger partial charge in [-0.2, -0.15) is 0 Å². The van der Waals surface area contributed by atoms with Crippen molar-refractivity contribution in [1.82, 2.24) is 4.90 Å². The maximum absolute atomic E-state index is 13.8. The fourth-order valence-corrected chi connectivity index (χ4v) is 3.41. The highest BCUT2D eigenvalue weighted by Crippen LogP contribution is 2.27. The van der Waals surface area contributed by atoms with Crippen LogP contribution in [0.5, 0.6) is 0 Å². The van der Waals surface area contributed by atoms with Crippen molar-refractivity contribution in [2.24, 2.45) is 0 Å². The fraction of sp³-hybridized carbons (Fsp3) is 0.381. The lowest BCUT2D eigenvalue weighted by molar-refractivity contribution is -0.135. The molecule has 1 saturated heterocycles. The smallest absolute Gasteiger partial charge is 0.222 e. The van der Waals surface area contributed by atoms with Crippen molar-refractivity contribution in [2.45, 2.75) is 37.7 Å². The molecule has 0 atom stereocenters. The van der Waals surface area contributed by atoms with Gasteiger partial charge in [-0.1, -0.05) is 30.3 Å². The van der Waals surface area contributed by atoms with E-state index >= 15 is 0 Å². The molecule has 0 bridgehead atoms. The minimum atomic E-state index is -0.976. The highest BCUT2D eigenvalue weighted by atomic mass is 19.1. The number of aryl methyl sites for hydroxylation is 1. The zero-order chi connectivity index (χ0) is 18.6. The molecule has 1 amide bonds. The molecule has 0 aliphatic carbocycles. The number of benzene rings is 2. The summed E-state index contributed by atoms with van der Waals surface area (Å²) < 4.78 is 26.7. The number of likely N-dealkylation sites (tertiary alicyclic amines) is 1. The van der Waals surface area contributed by atoms with Gasteiger partial charge < -0.3 is 10.0 Å². The molecule has 2 aromatic rings. The van der Waals surface area contributed by atoms with Crippen LogP contribution < -0.4 is 0 Å². The number of rotatable bonds is 5. The van der Waals surface area contributed by atoms with E-state index in [4.69, 9.17) is 0 Å². The van der Waals surface area contributed by atoms with Gasteiger partial charge in [-0.25, -0.2) is 8.78 Å². The van der Waals surface area contributed by atoms with Crippen LogP contribution in [0.2, 0.25) is 0 Å². The van der Waals surface area contributed by atoms with Crippen LogP contribution in [0.25, 0.3) is 0 Å². The van der Waals surface area contributed by atoms with Crippen LogP contribution in [0.4, 0.5) is 8.78 Å². The van der Waals surface area contributed by atoms with Crippen LogP contribution in [0.15, 0.2) is 48.5 Å². The number of carbonyl (C=O) groups is 1. The van der Waals surface area contributed by atoms with E-state index in [1.807, 2.05) is 0 Å². The van der Waals surface area contributed by atoms with Crippen molar-refractivity contribution < 1.29 is 18.7 Å². The summed E-state index contributed by atoms with van der Waals surface area (Å²) in [5, 5.41) is 10.7. The lowest BCUT2D eigenvalue weighted by atomic mass is 9.85. The Morgan fingerprint density at radius 2 is 1.69 bits per heavy atom. The standard InChI is InChI=1S/C21H23F2NO2/c22-18-8-5-16(6-9-18)7-10-20(25)24-13-11-21(26,12-14-24)15-17-3-1-2-4-19(17)23/h1-6,8-9,26H,7,10-15H2. The molecule has 1 aliphatic heterocycles. The third-order valence-corrected chi connectivity index (χ3v) is 5.07. The summed E-state index contributed by atoms with van der Waals surface area (Å²) in [7, 11) is 0. The first-order chi connectivity index (χ1) is 12.5. The Bertz CT molecular complexity index is 753. The number of hydrogen-bond acceptors (Lipinski definition) is 2. The molecule has 2 aromatic carbocycles. The van der Waals surface area contributed by atoms with Gasteiger partial charge >= 0.3 is 0 Å². The third kappa shape index (κ3) is 4.67. The van der Waals surface area contributed by atoms with Crippen molar-refractivity contribution in [1.29, 1.82) is 0 Å². The van der Waals surface area contributed by atoms with Gasteiger partial charge in [-0.3, -0.25) is 4.79 Å². The molecule has 0 spiro atoms. The maximum atomic E-state index is 13.8. The second-order valence-electron chi connectivity index (χ2n) is 7.00. The first-order valence-electron chi connectivity index (χ1n) is 8.93. The summed E-state index contributed by atoms with van der Waals surface area (Å²) in [5.41, 5.74) is 0.453. The van der Waals surface area contributed by atoms with Crippen LogP contribution in [0, 0.1) is 11.6 Å². The molecule has 0 radical (unpaired) electrons. The van der Waals surface area contributed by atoms with Gasteiger partial charge in [0.2, 0.25) is 5.91 Å². The molecule has 1 fully saturated rings. The summed E-state index contributed by atoms with van der Waals surface area (Å²) in [6, 6.07) is 12.6. The Hall–Kier alpha value is -2.27. The molecule has 1 heterocycles. The summed E-state index contributed by atoms with van der Waals surface area (Å²) in [4.78, 5) is 14.1. The quantitative estimate of drug-likeness (QED) is 0.888. The summed E-state index contributed by atoms with van der Waals surface area (Å²) in [6.45, 7) is 0.931. The molecule has 3 rings (SSSR count). The number of piperidine rings is 1. The van der Waals surface area contributed by atoms with Crippen molar-refractivity contribution in [3.63, 3.8) is 0 Å². The predicted octanol–water partition coefficient (Wildman–Crippen LogP) is 3.49. The number of nitrogens with zero attached hydrogens (tertiary/aromatic N) is 1. The Morgan fingerprint density at radius 3 is 2.35 bits per heavy atom. The van der Waals surface area contributed by atoms with Crippen molar-refractivity contribution in [3.8, 4) is 0 Å². The Balaban J connectivity index is 1.50. The molecule has 1 N–H and O–H groups in total. The topological polar surface area (TPSA) is 40.5 Å². The van der Waals surface area contributed by atoms with Crippen LogP contribution in [0.1, 0.15) is 30.4 Å². The normalized spacial score (nSPS) is 16.5. The van der Waals surface area contributed by atoms with Crippen molar-refractivity contribution >= 4 is 5.91 Å². The van der Waals surface area contributed by atoms with Gasteiger partial charge in [0.05, 0.1) is 5.60 Å². The fourth-order valence-electron chi connectivity index (χ4n) is 3.41. The van der Waals surface area contributed by atoms with Crippen LogP contribution in [0.3, 0.4) is 0 Å². The molecule has 0 unspecified atom stereocenters. The Morgan fingerprint density at radius 1 is 1.04 bits per heavy atom. The number of aliphatic hydroxyl groups is 1. The van der Waals surface area contributed by atoms with E-state index in [-0.39, 0.29) is 24.0 Å². The predicted molar refractivity (Wildman–Crippen MR) is 95.6 cm³/mol. The largest absolute Gasteiger partial charge is 0.389 e. The molecule has 1 aliphatic rings. The molecule has 0 saturated carbocycles. The second-order valence-corrected chi connectivity index (χ2v) is 7.00. The Kier molecular flexibility index (Phi) is 5.67. The summed E-state index contributed by atoms with van der Waals surface area (Å²) in [5.74, 6) is -0.564. The minimum absolute atomic E-state index is 0.0299. The molecule has 26 heavy (non-hydrogen) atoms. The first-order valence-corrected chi connectivity index (χ1v) is 8.93. The number of amides is 1. The third-order valence-electron chi connectivity index (χ3n) is 5.07. The number of carbonyl (C=O) groups excluding carboxylic acids is 1. The lowest BCUT2D eigenvalue weighted by Gasteiger charge is -2.38. The highest BCUT2D eigenvalue weighted by Gasteiger charge is 2.34. The van der Waals surface area contributed by atoms with Gasteiger partial charge in [0, 0.05) is 25.9 Å². The van der Waals surface area contributed by atoms with E-state index in [1.165, 1.54) is 18.2 Å². The van der Waals surface area contributed by atoms with E-state index in [0.29, 0.717) is 44.3 Å². The van der Waals surface area contributed by atoms with Crippen molar-refractivity contribution in [3.05, 3.63) is 71.3 Å². The molecule has 3 nitrogen and oxygen atoms in total. The van der Waals surface area contributed by atoms with E-state index in [1.54, 1.807) is 35.2 Å². The second kappa shape index (κ2) is 7.96. The average Bonchev–Trinajstić information content (AvgIpc) is 2.63. The number of hydrogen-bond donors (Lipinski definition) is 1. The highest BCUT2D eigenvalue weighted by molar-refractivity contribution is 5.76. The summed E-state index contributed by atoms with van der Waals surface area (Å²) in [6.07, 6.45) is 2.05. The van der Waals surface area contributed by atoms with Gasteiger partial charge in [0.15, 0.2) is 0 Å². The van der Waals surface area contributed by atoms with E-state index < -0.39 is 5.60 Å². The van der Waals surface area contributed by atoms with E-state index in [2.05, 4.69) is 0 Å². The zero-order valence-electron chi connectivity index (χ0n) is 14.6. The number of halogens is 2. The van der Waals surface area contributed by atoms with Gasteiger partial charge in [0.1, 0.15) is 11.6 Å². The lowest BCUT2D eigenvalue weighted by Crippen LogP contribution is -2.47. The van der Waals surface area contributed by atoms with Crippen LogP contribution in [-0.2, 0) is 17.6 Å². The van der Waals surface area contributed by atoms with Gasteiger partial charge in [-0.15, -0.1) is 0 Å². The van der Waals surface area contributed by atoms with E-state index in [9.17, 15) is 18.7 Å². The summed E-state index contributed by atoms with van der Waals surface area (Å²) >= 11 is 0. The molecule has 138 valence electrons. The van der Waals surface area contributed by atoms with Crippen LogP contribution >= 0.6 is 0 Å². The van der Waals surface area contributed by atoms with E-state index in [0.717, 1.165) is 5.56 Å². The average molecular weight is 359 g/mol. The molecule has 0 aromatic heterocycles. The van der Waals surface area contributed by atoms with Crippen LogP contribution in [-0.4, -0.2) is 34.6 Å². The SMILES string of the molecule is O=C(CCc1ccc(F)cc1)N1CCC(O)(Cc2ccccc2F)CC1.